The Morgan fingerprint density at radius 2 is 1.91 bits per heavy atom. The normalized spacial score (nSPS) is 11.9. The molecular formula is C15H27IN4O2. The second kappa shape index (κ2) is 9.04. The molecule has 0 radical (unpaired) electrons. The van der Waals surface area contributed by atoms with Crippen LogP contribution in [0.1, 0.15) is 13.8 Å². The van der Waals surface area contributed by atoms with Gasteiger partial charge >= 0.3 is 0 Å². The van der Waals surface area contributed by atoms with Crippen LogP contribution in [0.25, 0.3) is 0 Å². The summed E-state index contributed by atoms with van der Waals surface area (Å²) in [5, 5.41) is 3.05. The second-order valence-electron chi connectivity index (χ2n) is 5.60. The smallest absolute Gasteiger partial charge is 0.193 e. The lowest BCUT2D eigenvalue weighted by Gasteiger charge is -2.30. The minimum atomic E-state index is -0.0647. The third-order valence-electron chi connectivity index (χ3n) is 3.52. The molecule has 126 valence electrons. The Balaban J connectivity index is 0.00000441. The number of nitrogens with two attached hydrogens (primary N) is 1. The number of halogens is 1. The summed E-state index contributed by atoms with van der Waals surface area (Å²) in [6.07, 6.45) is 0. The molecule has 0 unspecified atom stereocenters. The van der Waals surface area contributed by atoms with Crippen molar-refractivity contribution in [3.63, 3.8) is 0 Å². The minimum Gasteiger partial charge on any atom is -0.497 e. The van der Waals surface area contributed by atoms with E-state index >= 15 is 0 Å². The zero-order chi connectivity index (χ0) is 16.0. The van der Waals surface area contributed by atoms with Crippen LogP contribution in [0.2, 0.25) is 0 Å². The molecule has 1 rings (SSSR count). The van der Waals surface area contributed by atoms with Crippen LogP contribution in [0.15, 0.2) is 23.2 Å². The molecule has 7 heteroatoms. The van der Waals surface area contributed by atoms with E-state index < -0.39 is 0 Å². The Labute approximate surface area is 150 Å². The van der Waals surface area contributed by atoms with Crippen LogP contribution in [0.5, 0.6) is 11.5 Å². The summed E-state index contributed by atoms with van der Waals surface area (Å²) < 4.78 is 10.5. The standard InChI is InChI=1S/C15H26N4O2.HI/c1-15(2,19(3)4)10-17-14(16)18-12-9-11(20-5)7-8-13(12)21-6;/h7-9H,10H2,1-6H3,(H3,16,17,18);1H. The van der Waals surface area contributed by atoms with Crippen LogP contribution in [-0.2, 0) is 0 Å². The van der Waals surface area contributed by atoms with Crippen LogP contribution in [0.4, 0.5) is 5.69 Å². The number of rotatable bonds is 6. The third-order valence-corrected chi connectivity index (χ3v) is 3.52. The molecular weight excluding hydrogens is 395 g/mol. The first-order chi connectivity index (χ1) is 9.80. The molecule has 22 heavy (non-hydrogen) atoms. The van der Waals surface area contributed by atoms with E-state index in [2.05, 4.69) is 29.1 Å². The summed E-state index contributed by atoms with van der Waals surface area (Å²) >= 11 is 0. The number of nitrogens with one attached hydrogen (secondary N) is 1. The highest BCUT2D eigenvalue weighted by atomic mass is 127. The van der Waals surface area contributed by atoms with Gasteiger partial charge in [-0.05, 0) is 40.1 Å². The van der Waals surface area contributed by atoms with Crippen molar-refractivity contribution in [3.05, 3.63) is 18.2 Å². The van der Waals surface area contributed by atoms with E-state index in [-0.39, 0.29) is 29.5 Å². The third kappa shape index (κ3) is 5.88. The van der Waals surface area contributed by atoms with Gasteiger partial charge in [0.1, 0.15) is 11.5 Å². The minimum absolute atomic E-state index is 0. The molecule has 0 fully saturated rings. The van der Waals surface area contributed by atoms with E-state index in [4.69, 9.17) is 15.2 Å². The summed E-state index contributed by atoms with van der Waals surface area (Å²) in [6.45, 7) is 4.80. The van der Waals surface area contributed by atoms with Crippen molar-refractivity contribution >= 4 is 35.6 Å². The molecule has 0 heterocycles. The molecule has 3 N–H and O–H groups in total. The van der Waals surface area contributed by atoms with Gasteiger partial charge in [0, 0.05) is 11.6 Å². The molecule has 0 aliphatic carbocycles. The summed E-state index contributed by atoms with van der Waals surface area (Å²) in [5.41, 5.74) is 6.61. The number of anilines is 1. The van der Waals surface area contributed by atoms with Crippen molar-refractivity contribution < 1.29 is 9.47 Å². The van der Waals surface area contributed by atoms with Gasteiger partial charge in [-0.3, -0.25) is 4.99 Å². The van der Waals surface area contributed by atoms with E-state index in [9.17, 15) is 0 Å². The first kappa shape index (κ1) is 20.8. The Morgan fingerprint density at radius 1 is 1.27 bits per heavy atom. The van der Waals surface area contributed by atoms with Crippen molar-refractivity contribution in [2.75, 3.05) is 40.2 Å². The molecule has 0 aliphatic heterocycles. The van der Waals surface area contributed by atoms with Gasteiger partial charge in [-0.25, -0.2) is 0 Å². The monoisotopic (exact) mass is 422 g/mol. The molecule has 1 aromatic carbocycles. The Morgan fingerprint density at radius 3 is 2.41 bits per heavy atom. The topological polar surface area (TPSA) is 72.1 Å². The number of likely N-dealkylation sites (N-methyl/N-ethyl adjacent to an activating group) is 1. The number of hydrogen-bond acceptors (Lipinski definition) is 4. The molecule has 0 spiro atoms. The van der Waals surface area contributed by atoms with Crippen molar-refractivity contribution in [3.8, 4) is 11.5 Å². The van der Waals surface area contributed by atoms with Gasteiger partial charge in [0.2, 0.25) is 0 Å². The van der Waals surface area contributed by atoms with Gasteiger partial charge < -0.3 is 25.4 Å². The van der Waals surface area contributed by atoms with Crippen LogP contribution < -0.4 is 20.5 Å². The number of ether oxygens (including phenoxy) is 2. The van der Waals surface area contributed by atoms with Crippen LogP contribution in [-0.4, -0.2) is 51.3 Å². The quantitative estimate of drug-likeness (QED) is 0.419. The molecule has 6 nitrogen and oxygen atoms in total. The van der Waals surface area contributed by atoms with Gasteiger partial charge in [-0.1, -0.05) is 0 Å². The molecule has 0 amide bonds. The van der Waals surface area contributed by atoms with Gasteiger partial charge in [0.25, 0.3) is 0 Å². The fourth-order valence-electron chi connectivity index (χ4n) is 1.51. The number of aliphatic imine (C=N–C) groups is 1. The van der Waals surface area contributed by atoms with E-state index in [0.29, 0.717) is 18.3 Å². The number of methoxy groups -OCH3 is 2. The highest BCUT2D eigenvalue weighted by Gasteiger charge is 2.19. The lowest BCUT2D eigenvalue weighted by molar-refractivity contribution is 0.205. The van der Waals surface area contributed by atoms with Crippen molar-refractivity contribution in [1.29, 1.82) is 0 Å². The summed E-state index contributed by atoms with van der Waals surface area (Å²) in [5.74, 6) is 1.75. The van der Waals surface area contributed by atoms with Crippen molar-refractivity contribution in [2.45, 2.75) is 19.4 Å². The fourth-order valence-corrected chi connectivity index (χ4v) is 1.51. The highest BCUT2D eigenvalue weighted by molar-refractivity contribution is 14.0. The van der Waals surface area contributed by atoms with Crippen LogP contribution in [0, 0.1) is 0 Å². The van der Waals surface area contributed by atoms with Gasteiger partial charge in [0.15, 0.2) is 5.96 Å². The molecule has 0 bridgehead atoms. The van der Waals surface area contributed by atoms with Crippen LogP contribution in [0.3, 0.4) is 0 Å². The van der Waals surface area contributed by atoms with E-state index in [1.165, 1.54) is 0 Å². The molecule has 0 aromatic heterocycles. The van der Waals surface area contributed by atoms with Crippen molar-refractivity contribution in [1.82, 2.24) is 4.90 Å². The number of benzene rings is 1. The van der Waals surface area contributed by atoms with E-state index in [0.717, 1.165) is 11.4 Å². The Kier molecular flexibility index (Phi) is 8.54. The summed E-state index contributed by atoms with van der Waals surface area (Å²) in [6, 6.07) is 5.46. The first-order valence-electron chi connectivity index (χ1n) is 6.76. The molecule has 0 saturated heterocycles. The van der Waals surface area contributed by atoms with E-state index in [1.807, 2.05) is 32.3 Å². The molecule has 0 saturated carbocycles. The number of hydrogen-bond donors (Lipinski definition) is 2. The Hall–Kier alpha value is -1.22. The summed E-state index contributed by atoms with van der Waals surface area (Å²) in [7, 11) is 7.26. The molecule has 0 aliphatic rings. The lowest BCUT2D eigenvalue weighted by Crippen LogP contribution is -2.41. The fraction of sp³-hybridized carbons (Fsp3) is 0.533. The first-order valence-corrected chi connectivity index (χ1v) is 6.76. The van der Waals surface area contributed by atoms with E-state index in [1.54, 1.807) is 14.2 Å². The predicted octanol–water partition coefficient (Wildman–Crippen LogP) is 2.39. The maximum Gasteiger partial charge on any atom is 0.193 e. The van der Waals surface area contributed by atoms with Crippen molar-refractivity contribution in [2.24, 2.45) is 10.7 Å². The van der Waals surface area contributed by atoms with Crippen LogP contribution >= 0.6 is 24.0 Å². The average molecular weight is 422 g/mol. The maximum absolute atomic E-state index is 5.95. The maximum atomic E-state index is 5.95. The highest BCUT2D eigenvalue weighted by Crippen LogP contribution is 2.28. The number of guanidine groups is 1. The van der Waals surface area contributed by atoms with Gasteiger partial charge in [-0.15, -0.1) is 24.0 Å². The summed E-state index contributed by atoms with van der Waals surface area (Å²) in [4.78, 5) is 6.50. The van der Waals surface area contributed by atoms with Gasteiger partial charge in [0.05, 0.1) is 26.5 Å². The Bertz CT molecular complexity index is 504. The molecule has 1 aromatic rings. The van der Waals surface area contributed by atoms with Gasteiger partial charge in [-0.2, -0.15) is 0 Å². The lowest BCUT2D eigenvalue weighted by atomic mass is 10.1. The SMILES string of the molecule is COc1ccc(OC)c(NC(N)=NCC(C)(C)N(C)C)c1.I. The zero-order valence-corrected chi connectivity index (χ0v) is 16.5. The largest absolute Gasteiger partial charge is 0.497 e. The average Bonchev–Trinajstić information content (AvgIpc) is 2.45. The molecule has 0 atom stereocenters. The zero-order valence-electron chi connectivity index (χ0n) is 14.1. The number of nitrogens with zero attached hydrogens (tertiary/aromatic N) is 2. The predicted molar refractivity (Wildman–Crippen MR) is 103 cm³/mol. The second-order valence-corrected chi connectivity index (χ2v) is 5.60.